The first-order chi connectivity index (χ1) is 10.5. The number of sulfone groups is 1. The SMILES string of the molecule is O=S(=O)(CCN1CC[C@H](N2CCCC2)C1)c1ccc(Cl)cc1. The molecular formula is C16H23ClN2O2S. The molecule has 2 aliphatic heterocycles. The molecule has 0 radical (unpaired) electrons. The molecule has 0 unspecified atom stereocenters. The number of benzene rings is 1. The molecule has 1 aromatic rings. The number of hydrogen-bond donors (Lipinski definition) is 0. The van der Waals surface area contributed by atoms with Crippen molar-refractivity contribution < 1.29 is 8.42 Å². The molecule has 122 valence electrons. The molecule has 1 atom stereocenters. The molecule has 0 bridgehead atoms. The summed E-state index contributed by atoms with van der Waals surface area (Å²) in [7, 11) is -3.21. The second kappa shape index (κ2) is 6.87. The fourth-order valence-corrected chi connectivity index (χ4v) is 4.84. The number of halogens is 1. The topological polar surface area (TPSA) is 40.6 Å². The molecule has 0 N–H and O–H groups in total. The molecule has 2 aliphatic rings. The summed E-state index contributed by atoms with van der Waals surface area (Å²) in [6.45, 7) is 5.06. The number of likely N-dealkylation sites (tertiary alicyclic amines) is 2. The van der Waals surface area contributed by atoms with Gasteiger partial charge in [0.2, 0.25) is 0 Å². The molecular weight excluding hydrogens is 320 g/mol. The van der Waals surface area contributed by atoms with Gasteiger partial charge in [-0.25, -0.2) is 8.42 Å². The number of nitrogens with zero attached hydrogens (tertiary/aromatic N) is 2. The maximum absolute atomic E-state index is 12.4. The first-order valence-corrected chi connectivity index (χ1v) is 10.0. The predicted molar refractivity (Wildman–Crippen MR) is 89.2 cm³/mol. The van der Waals surface area contributed by atoms with Crippen LogP contribution < -0.4 is 0 Å². The van der Waals surface area contributed by atoms with Crippen molar-refractivity contribution in [2.45, 2.75) is 30.2 Å². The zero-order valence-electron chi connectivity index (χ0n) is 12.7. The summed E-state index contributed by atoms with van der Waals surface area (Å²) < 4.78 is 24.7. The van der Waals surface area contributed by atoms with Crippen LogP contribution in [-0.4, -0.2) is 62.7 Å². The van der Waals surface area contributed by atoms with Crippen molar-refractivity contribution in [2.24, 2.45) is 0 Å². The van der Waals surface area contributed by atoms with Crippen LogP contribution in [0.4, 0.5) is 0 Å². The summed E-state index contributed by atoms with van der Waals surface area (Å²) in [5.41, 5.74) is 0. The lowest BCUT2D eigenvalue weighted by Crippen LogP contribution is -2.36. The van der Waals surface area contributed by atoms with Crippen LogP contribution in [0.1, 0.15) is 19.3 Å². The molecule has 0 aliphatic carbocycles. The van der Waals surface area contributed by atoms with Crippen molar-refractivity contribution in [3.05, 3.63) is 29.3 Å². The normalized spacial score (nSPS) is 24.1. The van der Waals surface area contributed by atoms with Gasteiger partial charge in [-0.15, -0.1) is 0 Å². The van der Waals surface area contributed by atoms with Crippen molar-refractivity contribution >= 4 is 21.4 Å². The maximum Gasteiger partial charge on any atom is 0.179 e. The quantitative estimate of drug-likeness (QED) is 0.823. The summed E-state index contributed by atoms with van der Waals surface area (Å²) in [6, 6.07) is 7.07. The molecule has 0 aromatic heterocycles. The molecule has 0 amide bonds. The Morgan fingerprint density at radius 2 is 1.77 bits per heavy atom. The zero-order valence-corrected chi connectivity index (χ0v) is 14.3. The van der Waals surface area contributed by atoms with Gasteiger partial charge >= 0.3 is 0 Å². The lowest BCUT2D eigenvalue weighted by Gasteiger charge is -2.23. The predicted octanol–water partition coefficient (Wildman–Crippen LogP) is 2.28. The monoisotopic (exact) mass is 342 g/mol. The van der Waals surface area contributed by atoms with Crippen LogP contribution >= 0.6 is 11.6 Å². The van der Waals surface area contributed by atoms with Gasteiger partial charge in [-0.1, -0.05) is 11.6 Å². The second-order valence-corrected chi connectivity index (χ2v) is 8.80. The Balaban J connectivity index is 1.53. The van der Waals surface area contributed by atoms with Crippen LogP contribution in [-0.2, 0) is 9.84 Å². The van der Waals surface area contributed by atoms with Gasteiger partial charge in [-0.3, -0.25) is 4.90 Å². The van der Waals surface area contributed by atoms with Gasteiger partial charge < -0.3 is 4.90 Å². The van der Waals surface area contributed by atoms with Crippen molar-refractivity contribution in [1.29, 1.82) is 0 Å². The molecule has 0 saturated carbocycles. The third-order valence-corrected chi connectivity index (χ3v) is 6.72. The molecule has 2 fully saturated rings. The van der Waals surface area contributed by atoms with Gasteiger partial charge in [-0.2, -0.15) is 0 Å². The average Bonchev–Trinajstić information content (AvgIpc) is 3.17. The van der Waals surface area contributed by atoms with E-state index in [4.69, 9.17) is 11.6 Å². The Morgan fingerprint density at radius 3 is 2.45 bits per heavy atom. The third kappa shape index (κ3) is 3.82. The lowest BCUT2D eigenvalue weighted by molar-refractivity contribution is 0.235. The molecule has 22 heavy (non-hydrogen) atoms. The van der Waals surface area contributed by atoms with E-state index in [0.29, 0.717) is 22.5 Å². The summed E-state index contributed by atoms with van der Waals surface area (Å²) in [6.07, 6.45) is 3.78. The molecule has 0 spiro atoms. The Morgan fingerprint density at radius 1 is 1.09 bits per heavy atom. The average molecular weight is 343 g/mol. The van der Waals surface area contributed by atoms with Crippen LogP contribution in [0.15, 0.2) is 29.2 Å². The van der Waals surface area contributed by atoms with Gasteiger partial charge in [0.05, 0.1) is 10.6 Å². The van der Waals surface area contributed by atoms with E-state index < -0.39 is 9.84 Å². The Hall–Kier alpha value is -0.620. The van der Waals surface area contributed by atoms with Gasteiger partial charge in [-0.05, 0) is 63.2 Å². The van der Waals surface area contributed by atoms with E-state index in [1.54, 1.807) is 24.3 Å². The standard InChI is InChI=1S/C16H23ClN2O2S/c17-14-3-5-16(6-4-14)22(20,21)12-11-18-10-7-15(13-18)19-8-1-2-9-19/h3-6,15H,1-2,7-13H2/t15-/m0/s1. The summed E-state index contributed by atoms with van der Waals surface area (Å²) in [4.78, 5) is 5.22. The molecule has 3 rings (SSSR count). The highest BCUT2D eigenvalue weighted by atomic mass is 35.5. The van der Waals surface area contributed by atoms with E-state index in [1.165, 1.54) is 32.4 Å². The fraction of sp³-hybridized carbons (Fsp3) is 0.625. The molecule has 2 saturated heterocycles. The first-order valence-electron chi connectivity index (χ1n) is 7.99. The Labute approximate surface area is 138 Å². The van der Waals surface area contributed by atoms with Crippen molar-refractivity contribution in [3.63, 3.8) is 0 Å². The molecule has 1 aromatic carbocycles. The highest BCUT2D eigenvalue weighted by Gasteiger charge is 2.29. The van der Waals surface area contributed by atoms with Crippen LogP contribution in [0, 0.1) is 0 Å². The largest absolute Gasteiger partial charge is 0.301 e. The minimum Gasteiger partial charge on any atom is -0.301 e. The zero-order chi connectivity index (χ0) is 15.6. The smallest absolute Gasteiger partial charge is 0.179 e. The number of rotatable bonds is 5. The van der Waals surface area contributed by atoms with Crippen molar-refractivity contribution in [3.8, 4) is 0 Å². The highest BCUT2D eigenvalue weighted by molar-refractivity contribution is 7.91. The van der Waals surface area contributed by atoms with E-state index in [2.05, 4.69) is 9.80 Å². The van der Waals surface area contributed by atoms with E-state index in [0.717, 1.165) is 13.1 Å². The van der Waals surface area contributed by atoms with E-state index in [-0.39, 0.29) is 5.75 Å². The summed E-state index contributed by atoms with van der Waals surface area (Å²) >= 11 is 5.81. The summed E-state index contributed by atoms with van der Waals surface area (Å²) in [5, 5.41) is 0.562. The first kappa shape index (κ1) is 16.2. The summed E-state index contributed by atoms with van der Waals surface area (Å²) in [5.74, 6) is 0.182. The maximum atomic E-state index is 12.4. The molecule has 4 nitrogen and oxygen atoms in total. The van der Waals surface area contributed by atoms with Crippen LogP contribution in [0.5, 0.6) is 0 Å². The van der Waals surface area contributed by atoms with Gasteiger partial charge in [0.25, 0.3) is 0 Å². The fourth-order valence-electron chi connectivity index (χ4n) is 3.43. The van der Waals surface area contributed by atoms with Gasteiger partial charge in [0, 0.05) is 24.2 Å². The Bertz CT molecular complexity index is 597. The lowest BCUT2D eigenvalue weighted by atomic mass is 10.2. The number of hydrogen-bond acceptors (Lipinski definition) is 4. The van der Waals surface area contributed by atoms with Crippen LogP contribution in [0.3, 0.4) is 0 Å². The Kier molecular flexibility index (Phi) is 5.07. The van der Waals surface area contributed by atoms with Gasteiger partial charge in [0.15, 0.2) is 9.84 Å². The van der Waals surface area contributed by atoms with E-state index in [1.807, 2.05) is 0 Å². The van der Waals surface area contributed by atoms with E-state index >= 15 is 0 Å². The van der Waals surface area contributed by atoms with Crippen molar-refractivity contribution in [2.75, 3.05) is 38.5 Å². The second-order valence-electron chi connectivity index (χ2n) is 6.26. The van der Waals surface area contributed by atoms with Crippen LogP contribution in [0.25, 0.3) is 0 Å². The molecule has 2 heterocycles. The van der Waals surface area contributed by atoms with E-state index in [9.17, 15) is 8.42 Å². The van der Waals surface area contributed by atoms with Crippen LogP contribution in [0.2, 0.25) is 5.02 Å². The minimum atomic E-state index is -3.21. The third-order valence-electron chi connectivity index (χ3n) is 4.75. The molecule has 6 heteroatoms. The minimum absolute atomic E-state index is 0.182. The van der Waals surface area contributed by atoms with Crippen molar-refractivity contribution in [1.82, 2.24) is 9.80 Å². The van der Waals surface area contributed by atoms with Gasteiger partial charge in [0.1, 0.15) is 0 Å². The highest BCUT2D eigenvalue weighted by Crippen LogP contribution is 2.21.